The van der Waals surface area contributed by atoms with Gasteiger partial charge >= 0.3 is 0 Å². The summed E-state index contributed by atoms with van der Waals surface area (Å²) in [5.41, 5.74) is 1.20. The van der Waals surface area contributed by atoms with Crippen molar-refractivity contribution in [1.82, 2.24) is 14.7 Å². The van der Waals surface area contributed by atoms with Crippen LogP contribution in [0.15, 0.2) is 16.8 Å². The van der Waals surface area contributed by atoms with Crippen LogP contribution in [0.5, 0.6) is 0 Å². The third kappa shape index (κ3) is 5.39. The molecule has 0 saturated carbocycles. The van der Waals surface area contributed by atoms with Crippen LogP contribution >= 0.6 is 11.3 Å². The zero-order chi connectivity index (χ0) is 15.2. The zero-order valence-corrected chi connectivity index (χ0v) is 13.9. The van der Waals surface area contributed by atoms with E-state index in [2.05, 4.69) is 21.2 Å². The van der Waals surface area contributed by atoms with Gasteiger partial charge in [0.2, 0.25) is 5.91 Å². The molecule has 1 unspecified atom stereocenters. The molecule has 1 aliphatic heterocycles. The molecule has 0 aliphatic carbocycles. The molecular formula is C15H25N3O2S. The first-order valence-corrected chi connectivity index (χ1v) is 8.22. The number of carbonyl (C=O) groups excluding carboxylic acids is 1. The zero-order valence-electron chi connectivity index (χ0n) is 13.1. The monoisotopic (exact) mass is 311 g/mol. The number of rotatable bonds is 6. The Hall–Kier alpha value is -0.950. The highest BCUT2D eigenvalue weighted by Gasteiger charge is 2.23. The first kappa shape index (κ1) is 16.4. The van der Waals surface area contributed by atoms with Gasteiger partial charge in [0.15, 0.2) is 0 Å². The van der Waals surface area contributed by atoms with Crippen LogP contribution in [-0.2, 0) is 16.1 Å². The summed E-state index contributed by atoms with van der Waals surface area (Å²) in [6, 6.07) is 2.07. The van der Waals surface area contributed by atoms with Crippen molar-refractivity contribution >= 4 is 17.2 Å². The van der Waals surface area contributed by atoms with E-state index < -0.39 is 0 Å². The Morgan fingerprint density at radius 3 is 2.95 bits per heavy atom. The summed E-state index contributed by atoms with van der Waals surface area (Å²) in [5, 5.41) is 4.13. The number of likely N-dealkylation sites (N-methyl/N-ethyl adjacent to an activating group) is 2. The van der Waals surface area contributed by atoms with Crippen molar-refractivity contribution in [2.24, 2.45) is 0 Å². The maximum absolute atomic E-state index is 12.3. The summed E-state index contributed by atoms with van der Waals surface area (Å²) in [6.07, 6.45) is 0.198. The number of nitrogens with zero attached hydrogens (tertiary/aromatic N) is 3. The smallest absolute Gasteiger partial charge is 0.236 e. The summed E-state index contributed by atoms with van der Waals surface area (Å²) < 4.78 is 5.74. The molecule has 0 radical (unpaired) electrons. The van der Waals surface area contributed by atoms with Crippen molar-refractivity contribution < 1.29 is 9.53 Å². The second-order valence-corrected chi connectivity index (χ2v) is 6.65. The predicted octanol–water partition coefficient (Wildman–Crippen LogP) is 0.969. The largest absolute Gasteiger partial charge is 0.374 e. The van der Waals surface area contributed by atoms with Crippen LogP contribution in [0.4, 0.5) is 0 Å². The highest BCUT2D eigenvalue weighted by Crippen LogP contribution is 2.10. The topological polar surface area (TPSA) is 36.0 Å². The van der Waals surface area contributed by atoms with Gasteiger partial charge in [-0.25, -0.2) is 0 Å². The molecule has 1 amide bonds. The Labute approximate surface area is 131 Å². The lowest BCUT2D eigenvalue weighted by Crippen LogP contribution is -2.49. The van der Waals surface area contributed by atoms with Crippen LogP contribution in [0, 0.1) is 0 Å². The van der Waals surface area contributed by atoms with Crippen molar-refractivity contribution in [1.29, 1.82) is 0 Å². The van der Waals surface area contributed by atoms with Crippen molar-refractivity contribution in [2.75, 3.05) is 53.9 Å². The number of ether oxygens (including phenoxy) is 1. The SMILES string of the molecule is CN(C)CC1CN(CC(=O)N(C)Cc2ccsc2)CCO1. The average molecular weight is 311 g/mol. The van der Waals surface area contributed by atoms with E-state index in [1.54, 1.807) is 16.2 Å². The Morgan fingerprint density at radius 1 is 1.48 bits per heavy atom. The quantitative estimate of drug-likeness (QED) is 0.784. The van der Waals surface area contributed by atoms with Crippen LogP contribution < -0.4 is 0 Å². The van der Waals surface area contributed by atoms with Gasteiger partial charge in [0, 0.05) is 33.2 Å². The van der Waals surface area contributed by atoms with Crippen molar-refractivity contribution in [3.63, 3.8) is 0 Å². The van der Waals surface area contributed by atoms with Crippen molar-refractivity contribution in [3.8, 4) is 0 Å². The van der Waals surface area contributed by atoms with Gasteiger partial charge in [-0.3, -0.25) is 9.69 Å². The Kier molecular flexibility index (Phi) is 6.17. The number of hydrogen-bond acceptors (Lipinski definition) is 5. The fraction of sp³-hybridized carbons (Fsp3) is 0.667. The Bertz CT molecular complexity index is 436. The molecule has 1 fully saturated rings. The number of amides is 1. The van der Waals surface area contributed by atoms with E-state index in [0.29, 0.717) is 19.7 Å². The third-order valence-corrected chi connectivity index (χ3v) is 4.31. The van der Waals surface area contributed by atoms with E-state index in [9.17, 15) is 4.79 Å². The summed E-state index contributed by atoms with van der Waals surface area (Å²) in [5.74, 6) is 0.173. The molecule has 1 aromatic rings. The fourth-order valence-electron chi connectivity index (χ4n) is 2.50. The minimum atomic E-state index is 0.173. The lowest BCUT2D eigenvalue weighted by molar-refractivity contribution is -0.133. The lowest BCUT2D eigenvalue weighted by atomic mass is 10.2. The van der Waals surface area contributed by atoms with Crippen molar-refractivity contribution in [2.45, 2.75) is 12.6 Å². The number of thiophene rings is 1. The van der Waals surface area contributed by atoms with Crippen LogP contribution in [0.1, 0.15) is 5.56 Å². The minimum absolute atomic E-state index is 0.173. The van der Waals surface area contributed by atoms with Gasteiger partial charge in [0.05, 0.1) is 19.3 Å². The molecule has 0 bridgehead atoms. The van der Waals surface area contributed by atoms with Gasteiger partial charge < -0.3 is 14.5 Å². The molecule has 1 saturated heterocycles. The lowest BCUT2D eigenvalue weighted by Gasteiger charge is -2.34. The number of morpholine rings is 1. The highest BCUT2D eigenvalue weighted by atomic mass is 32.1. The van der Waals surface area contributed by atoms with Gasteiger partial charge in [-0.2, -0.15) is 11.3 Å². The number of hydrogen-bond donors (Lipinski definition) is 0. The molecule has 0 aromatic carbocycles. The molecule has 5 nitrogen and oxygen atoms in total. The molecule has 21 heavy (non-hydrogen) atoms. The van der Waals surface area contributed by atoms with Crippen molar-refractivity contribution in [3.05, 3.63) is 22.4 Å². The fourth-order valence-corrected chi connectivity index (χ4v) is 3.16. The van der Waals surface area contributed by atoms with Crippen LogP contribution in [0.2, 0.25) is 0 Å². The predicted molar refractivity (Wildman–Crippen MR) is 85.5 cm³/mol. The molecule has 2 heterocycles. The average Bonchev–Trinajstić information content (AvgIpc) is 2.91. The first-order valence-electron chi connectivity index (χ1n) is 7.28. The number of carbonyl (C=O) groups is 1. The molecule has 1 aliphatic rings. The van der Waals surface area contributed by atoms with E-state index in [1.165, 1.54) is 5.56 Å². The van der Waals surface area contributed by atoms with Gasteiger partial charge in [0.25, 0.3) is 0 Å². The molecule has 118 valence electrons. The van der Waals surface area contributed by atoms with E-state index in [4.69, 9.17) is 4.74 Å². The summed E-state index contributed by atoms with van der Waals surface area (Å²) in [6.45, 7) is 4.44. The first-order chi connectivity index (χ1) is 10.0. The maximum atomic E-state index is 12.3. The summed E-state index contributed by atoms with van der Waals surface area (Å²) in [4.78, 5) is 18.4. The van der Waals surface area contributed by atoms with Gasteiger partial charge in [-0.05, 0) is 36.5 Å². The molecule has 1 atom stereocenters. The standard InChI is InChI=1S/C15H25N3O2S/c1-16(2)9-14-10-18(5-6-20-14)11-15(19)17(3)8-13-4-7-21-12-13/h4,7,12,14H,5-6,8-11H2,1-3H3. The van der Waals surface area contributed by atoms with Gasteiger partial charge in [0.1, 0.15) is 0 Å². The van der Waals surface area contributed by atoms with E-state index in [1.807, 2.05) is 26.5 Å². The van der Waals surface area contributed by atoms with Crippen LogP contribution in [0.3, 0.4) is 0 Å². The summed E-state index contributed by atoms with van der Waals surface area (Å²) in [7, 11) is 5.96. The molecule has 2 rings (SSSR count). The maximum Gasteiger partial charge on any atom is 0.236 e. The second kappa shape index (κ2) is 7.89. The van der Waals surface area contributed by atoms with Crippen LogP contribution in [0.25, 0.3) is 0 Å². The van der Waals surface area contributed by atoms with Gasteiger partial charge in [-0.15, -0.1) is 0 Å². The second-order valence-electron chi connectivity index (χ2n) is 5.87. The highest BCUT2D eigenvalue weighted by molar-refractivity contribution is 7.07. The van der Waals surface area contributed by atoms with Crippen LogP contribution in [-0.4, -0.2) is 80.6 Å². The van der Waals surface area contributed by atoms with E-state index in [-0.39, 0.29) is 12.0 Å². The Morgan fingerprint density at radius 2 is 2.29 bits per heavy atom. The van der Waals surface area contributed by atoms with E-state index in [0.717, 1.165) is 19.6 Å². The molecule has 0 N–H and O–H groups in total. The summed E-state index contributed by atoms with van der Waals surface area (Å²) >= 11 is 1.67. The molecule has 1 aromatic heterocycles. The van der Waals surface area contributed by atoms with E-state index >= 15 is 0 Å². The Balaban J connectivity index is 1.78. The van der Waals surface area contributed by atoms with Gasteiger partial charge in [-0.1, -0.05) is 0 Å². The minimum Gasteiger partial charge on any atom is -0.374 e. The molecule has 0 spiro atoms. The molecule has 6 heteroatoms. The third-order valence-electron chi connectivity index (χ3n) is 3.58. The normalized spacial score (nSPS) is 19.9. The molecular weight excluding hydrogens is 286 g/mol.